The second-order valence-corrected chi connectivity index (χ2v) is 8.91. The van der Waals surface area contributed by atoms with Crippen molar-refractivity contribution >= 4 is 29.0 Å². The summed E-state index contributed by atoms with van der Waals surface area (Å²) in [6.45, 7) is 6.54. The molecule has 0 spiro atoms. The molecule has 4 rings (SSSR count). The number of hydrogen-bond acceptors (Lipinski definition) is 1. The van der Waals surface area contributed by atoms with Crippen LogP contribution in [-0.2, 0) is 5.41 Å². The van der Waals surface area contributed by atoms with E-state index in [4.69, 9.17) is 11.6 Å². The molecular formula is C25H25ClN2O. The molecule has 3 nitrogen and oxygen atoms in total. The van der Waals surface area contributed by atoms with Crippen molar-refractivity contribution in [2.45, 2.75) is 38.1 Å². The van der Waals surface area contributed by atoms with Crippen molar-refractivity contribution < 1.29 is 4.79 Å². The van der Waals surface area contributed by atoms with Gasteiger partial charge in [-0.2, -0.15) is 0 Å². The van der Waals surface area contributed by atoms with Crippen molar-refractivity contribution in [2.24, 2.45) is 0 Å². The van der Waals surface area contributed by atoms with Crippen LogP contribution in [-0.4, -0.2) is 11.6 Å². The molecule has 0 radical (unpaired) electrons. The number of para-hydroxylation sites is 1. The molecule has 1 atom stereocenters. The SMILES string of the molecule is CC1(c2ccccc2)CC(C)(C)N(C(=O)Nc2ccc(Cl)cc2)c2ccccc21. The van der Waals surface area contributed by atoms with E-state index < -0.39 is 0 Å². The van der Waals surface area contributed by atoms with E-state index in [9.17, 15) is 4.79 Å². The summed E-state index contributed by atoms with van der Waals surface area (Å²) in [5.74, 6) is 0. The Hall–Kier alpha value is -2.78. The highest BCUT2D eigenvalue weighted by Crippen LogP contribution is 2.50. The van der Waals surface area contributed by atoms with E-state index in [1.165, 1.54) is 5.56 Å². The minimum Gasteiger partial charge on any atom is -0.308 e. The largest absolute Gasteiger partial charge is 0.326 e. The molecule has 1 unspecified atom stereocenters. The molecule has 2 amide bonds. The number of fused-ring (bicyclic) bond motifs is 1. The highest BCUT2D eigenvalue weighted by Gasteiger charge is 2.47. The Bertz CT molecular complexity index is 1030. The van der Waals surface area contributed by atoms with Crippen molar-refractivity contribution in [2.75, 3.05) is 10.2 Å². The lowest BCUT2D eigenvalue weighted by Crippen LogP contribution is -2.57. The molecule has 4 heteroatoms. The van der Waals surface area contributed by atoms with Crippen LogP contribution in [0.25, 0.3) is 0 Å². The van der Waals surface area contributed by atoms with Gasteiger partial charge in [0, 0.05) is 21.7 Å². The predicted molar refractivity (Wildman–Crippen MR) is 121 cm³/mol. The zero-order valence-electron chi connectivity index (χ0n) is 16.9. The number of benzene rings is 3. The summed E-state index contributed by atoms with van der Waals surface area (Å²) in [4.78, 5) is 15.3. The maximum atomic E-state index is 13.4. The van der Waals surface area contributed by atoms with Gasteiger partial charge in [-0.3, -0.25) is 4.90 Å². The number of hydrogen-bond donors (Lipinski definition) is 1. The smallest absolute Gasteiger partial charge is 0.308 e. The lowest BCUT2D eigenvalue weighted by atomic mass is 9.65. The number of carbonyl (C=O) groups excluding carboxylic acids is 1. The minimum atomic E-state index is -0.380. The van der Waals surface area contributed by atoms with Crippen molar-refractivity contribution in [3.8, 4) is 0 Å². The Balaban J connectivity index is 1.78. The van der Waals surface area contributed by atoms with Crippen molar-refractivity contribution in [3.63, 3.8) is 0 Å². The first-order valence-corrected chi connectivity index (χ1v) is 10.2. The molecule has 3 aromatic rings. The van der Waals surface area contributed by atoms with Gasteiger partial charge in [0.25, 0.3) is 0 Å². The van der Waals surface area contributed by atoms with Crippen LogP contribution in [0.2, 0.25) is 5.02 Å². The predicted octanol–water partition coefficient (Wildman–Crippen LogP) is 6.87. The maximum absolute atomic E-state index is 13.4. The number of halogens is 1. The summed E-state index contributed by atoms with van der Waals surface area (Å²) in [6.07, 6.45) is 0.815. The first-order chi connectivity index (χ1) is 13.8. The van der Waals surface area contributed by atoms with Crippen LogP contribution in [0.3, 0.4) is 0 Å². The van der Waals surface area contributed by atoms with Gasteiger partial charge < -0.3 is 5.32 Å². The summed E-state index contributed by atoms with van der Waals surface area (Å²) in [6, 6.07) is 25.8. The molecule has 3 aromatic carbocycles. The second-order valence-electron chi connectivity index (χ2n) is 8.48. The highest BCUT2D eigenvalue weighted by atomic mass is 35.5. The van der Waals surface area contributed by atoms with E-state index in [2.05, 4.69) is 56.4 Å². The molecule has 148 valence electrons. The average Bonchev–Trinajstić information content (AvgIpc) is 2.70. The zero-order valence-corrected chi connectivity index (χ0v) is 17.7. The van der Waals surface area contributed by atoms with Crippen LogP contribution in [0.4, 0.5) is 16.2 Å². The molecule has 0 fully saturated rings. The first-order valence-electron chi connectivity index (χ1n) is 9.83. The van der Waals surface area contributed by atoms with Gasteiger partial charge in [0.2, 0.25) is 0 Å². The second kappa shape index (κ2) is 7.23. The van der Waals surface area contributed by atoms with Crippen molar-refractivity contribution in [3.05, 3.63) is 95.0 Å². The number of urea groups is 1. The molecule has 0 saturated heterocycles. The monoisotopic (exact) mass is 404 g/mol. The fourth-order valence-electron chi connectivity index (χ4n) is 4.66. The minimum absolute atomic E-state index is 0.139. The summed E-state index contributed by atoms with van der Waals surface area (Å²) in [5.41, 5.74) is 3.54. The van der Waals surface area contributed by atoms with Crippen LogP contribution >= 0.6 is 11.6 Å². The van der Waals surface area contributed by atoms with Crippen LogP contribution in [0.15, 0.2) is 78.9 Å². The summed E-state index contributed by atoms with van der Waals surface area (Å²) >= 11 is 5.98. The van der Waals surface area contributed by atoms with E-state index in [1.807, 2.05) is 41.3 Å². The summed E-state index contributed by atoms with van der Waals surface area (Å²) in [5, 5.41) is 3.67. The lowest BCUT2D eigenvalue weighted by Gasteiger charge is -2.51. The molecule has 0 saturated carbocycles. The van der Waals surface area contributed by atoms with Gasteiger partial charge in [-0.1, -0.05) is 67.1 Å². The Labute approximate surface area is 177 Å². The van der Waals surface area contributed by atoms with Crippen LogP contribution in [0.1, 0.15) is 38.3 Å². The molecule has 1 heterocycles. The number of amides is 2. The highest BCUT2D eigenvalue weighted by molar-refractivity contribution is 6.30. The molecular weight excluding hydrogens is 380 g/mol. The molecule has 1 N–H and O–H groups in total. The van der Waals surface area contributed by atoms with Gasteiger partial charge in [-0.25, -0.2) is 4.79 Å². The quantitative estimate of drug-likeness (QED) is 0.496. The third-order valence-electron chi connectivity index (χ3n) is 5.84. The van der Waals surface area contributed by atoms with Gasteiger partial charge in [0.05, 0.1) is 5.69 Å². The summed E-state index contributed by atoms with van der Waals surface area (Å²) in [7, 11) is 0. The first kappa shape index (κ1) is 19.5. The van der Waals surface area contributed by atoms with E-state index >= 15 is 0 Å². The third kappa shape index (κ3) is 3.51. The number of anilines is 2. The van der Waals surface area contributed by atoms with E-state index in [0.29, 0.717) is 5.02 Å². The van der Waals surface area contributed by atoms with Gasteiger partial charge >= 0.3 is 6.03 Å². The van der Waals surface area contributed by atoms with Crippen LogP contribution in [0, 0.1) is 0 Å². The third-order valence-corrected chi connectivity index (χ3v) is 6.09. The number of nitrogens with zero attached hydrogens (tertiary/aromatic N) is 1. The average molecular weight is 405 g/mol. The number of nitrogens with one attached hydrogen (secondary N) is 1. The zero-order chi connectivity index (χ0) is 20.6. The van der Waals surface area contributed by atoms with Gasteiger partial charge in [-0.05, 0) is 61.7 Å². The standard InChI is InChI=1S/C25H25ClN2O/c1-24(2)17-25(3,18-9-5-4-6-10-18)21-11-7-8-12-22(21)28(24)23(29)27-20-15-13-19(26)14-16-20/h4-16H,17H2,1-3H3,(H,27,29). The maximum Gasteiger partial charge on any atom is 0.326 e. The molecule has 29 heavy (non-hydrogen) atoms. The summed E-state index contributed by atoms with van der Waals surface area (Å²) < 4.78 is 0. The normalized spacial score (nSPS) is 20.1. The fraction of sp³-hybridized carbons (Fsp3) is 0.240. The number of carbonyl (C=O) groups is 1. The van der Waals surface area contributed by atoms with Crippen molar-refractivity contribution in [1.29, 1.82) is 0 Å². The lowest BCUT2D eigenvalue weighted by molar-refractivity contribution is 0.243. The number of rotatable bonds is 2. The Morgan fingerprint density at radius 1 is 0.897 bits per heavy atom. The Kier molecular flexibility index (Phi) is 4.87. The van der Waals surface area contributed by atoms with Gasteiger partial charge in [-0.15, -0.1) is 0 Å². The molecule has 0 aliphatic carbocycles. The molecule has 0 bridgehead atoms. The Morgan fingerprint density at radius 2 is 1.52 bits per heavy atom. The Morgan fingerprint density at radius 3 is 2.21 bits per heavy atom. The molecule has 1 aliphatic heterocycles. The topological polar surface area (TPSA) is 32.3 Å². The molecule has 0 aromatic heterocycles. The fourth-order valence-corrected chi connectivity index (χ4v) is 4.79. The van der Waals surface area contributed by atoms with E-state index in [1.54, 1.807) is 12.1 Å². The van der Waals surface area contributed by atoms with E-state index in [0.717, 1.165) is 23.4 Å². The van der Waals surface area contributed by atoms with Gasteiger partial charge in [0.1, 0.15) is 0 Å². The van der Waals surface area contributed by atoms with Crippen molar-refractivity contribution in [1.82, 2.24) is 0 Å². The van der Waals surface area contributed by atoms with Crippen LogP contribution < -0.4 is 10.2 Å². The van der Waals surface area contributed by atoms with Gasteiger partial charge in [0.15, 0.2) is 0 Å². The van der Waals surface area contributed by atoms with E-state index in [-0.39, 0.29) is 17.0 Å². The molecule has 1 aliphatic rings. The van der Waals surface area contributed by atoms with Crippen LogP contribution in [0.5, 0.6) is 0 Å².